The Kier molecular flexibility index (Phi) is 3.67. The molecule has 12 heavy (non-hydrogen) atoms. The van der Waals surface area contributed by atoms with Crippen molar-refractivity contribution >= 4 is 19.7 Å². The molecule has 0 aromatic rings. The predicted octanol–water partition coefficient (Wildman–Crippen LogP) is -1.60. The highest BCUT2D eigenvalue weighted by Crippen LogP contribution is 2.00. The molecule has 0 radical (unpaired) electrons. The van der Waals surface area contributed by atoms with Crippen molar-refractivity contribution in [1.29, 1.82) is 0 Å². The average Bonchev–Trinajstić information content (AvgIpc) is 1.78. The summed E-state index contributed by atoms with van der Waals surface area (Å²) in [5.41, 5.74) is 5.12. The first-order chi connectivity index (χ1) is 5.17. The van der Waals surface area contributed by atoms with Crippen molar-refractivity contribution in [3.8, 4) is 0 Å². The summed E-state index contributed by atoms with van der Waals surface area (Å²) in [6, 6.07) is 0. The lowest BCUT2D eigenvalue weighted by Crippen LogP contribution is -2.35. The van der Waals surface area contributed by atoms with E-state index in [1.807, 2.05) is 0 Å². The van der Waals surface area contributed by atoms with Crippen molar-refractivity contribution in [2.75, 3.05) is 24.8 Å². The van der Waals surface area contributed by atoms with Crippen LogP contribution in [-0.2, 0) is 19.7 Å². The van der Waals surface area contributed by atoms with E-state index in [2.05, 4.69) is 0 Å². The van der Waals surface area contributed by atoms with Gasteiger partial charge in [0.2, 0.25) is 0 Å². The molecule has 5 nitrogen and oxygen atoms in total. The second-order valence-electron chi connectivity index (χ2n) is 2.78. The predicted molar refractivity (Wildman–Crippen MR) is 47.4 cm³/mol. The first-order valence-electron chi connectivity index (χ1n) is 3.23. The van der Waals surface area contributed by atoms with E-state index < -0.39 is 30.7 Å². The highest BCUT2D eigenvalue weighted by Gasteiger charge is 2.23. The van der Waals surface area contributed by atoms with Gasteiger partial charge in [-0.2, -0.15) is 0 Å². The van der Waals surface area contributed by atoms with Crippen LogP contribution < -0.4 is 5.73 Å². The minimum absolute atomic E-state index is 0.161. The van der Waals surface area contributed by atoms with Crippen molar-refractivity contribution in [2.24, 2.45) is 5.73 Å². The zero-order valence-corrected chi connectivity index (χ0v) is 8.65. The SMILES string of the molecule is CS(=O)(=O)CC(CN)S(C)(=O)=O. The maximum atomic E-state index is 10.9. The minimum Gasteiger partial charge on any atom is -0.329 e. The van der Waals surface area contributed by atoms with Crippen molar-refractivity contribution in [3.05, 3.63) is 0 Å². The normalized spacial score (nSPS) is 15.9. The van der Waals surface area contributed by atoms with E-state index in [4.69, 9.17) is 5.73 Å². The number of hydrogen-bond acceptors (Lipinski definition) is 5. The van der Waals surface area contributed by atoms with Crippen LogP contribution in [0.15, 0.2) is 0 Å². The molecule has 1 unspecified atom stereocenters. The van der Waals surface area contributed by atoms with Crippen LogP contribution in [-0.4, -0.2) is 46.9 Å². The lowest BCUT2D eigenvalue weighted by atomic mass is 10.5. The van der Waals surface area contributed by atoms with E-state index in [1.165, 1.54) is 0 Å². The highest BCUT2D eigenvalue weighted by molar-refractivity contribution is 7.94. The summed E-state index contributed by atoms with van der Waals surface area (Å²) in [4.78, 5) is 0. The average molecular weight is 215 g/mol. The fourth-order valence-corrected chi connectivity index (χ4v) is 3.60. The van der Waals surface area contributed by atoms with Gasteiger partial charge in [-0.1, -0.05) is 0 Å². The maximum Gasteiger partial charge on any atom is 0.152 e. The molecule has 0 aliphatic rings. The van der Waals surface area contributed by atoms with Gasteiger partial charge >= 0.3 is 0 Å². The molecule has 7 heteroatoms. The molecule has 2 N–H and O–H groups in total. The lowest BCUT2D eigenvalue weighted by Gasteiger charge is -2.10. The van der Waals surface area contributed by atoms with Crippen LogP contribution in [0.5, 0.6) is 0 Å². The Hall–Kier alpha value is -0.140. The van der Waals surface area contributed by atoms with Crippen LogP contribution in [0.4, 0.5) is 0 Å². The molecule has 0 aromatic carbocycles. The molecule has 0 aliphatic heterocycles. The van der Waals surface area contributed by atoms with E-state index in [1.54, 1.807) is 0 Å². The van der Waals surface area contributed by atoms with Crippen LogP contribution in [0, 0.1) is 0 Å². The molecular formula is C5H13NO4S2. The van der Waals surface area contributed by atoms with E-state index in [0.717, 1.165) is 12.5 Å². The fourth-order valence-electron chi connectivity index (χ4n) is 0.704. The summed E-state index contributed by atoms with van der Waals surface area (Å²) in [6.45, 7) is -0.161. The van der Waals surface area contributed by atoms with Crippen molar-refractivity contribution in [3.63, 3.8) is 0 Å². The Balaban J connectivity index is 4.64. The molecule has 0 aromatic heterocycles. The Morgan fingerprint density at radius 3 is 1.67 bits per heavy atom. The van der Waals surface area contributed by atoms with Crippen molar-refractivity contribution < 1.29 is 16.8 Å². The standard InChI is InChI=1S/C5H13NO4S2/c1-11(7,8)4-5(3-6)12(2,9)10/h5H,3-4,6H2,1-2H3. The third-order valence-electron chi connectivity index (χ3n) is 1.36. The van der Waals surface area contributed by atoms with Gasteiger partial charge in [0, 0.05) is 19.1 Å². The Morgan fingerprint density at radius 2 is 1.58 bits per heavy atom. The largest absolute Gasteiger partial charge is 0.329 e. The third-order valence-corrected chi connectivity index (χ3v) is 4.15. The summed E-state index contributed by atoms with van der Waals surface area (Å²) in [5.74, 6) is -0.400. The first-order valence-corrected chi connectivity index (χ1v) is 7.25. The van der Waals surface area contributed by atoms with Gasteiger partial charge in [0.25, 0.3) is 0 Å². The quantitative estimate of drug-likeness (QED) is 0.609. The Bertz CT molecular complexity index is 328. The van der Waals surface area contributed by atoms with E-state index in [9.17, 15) is 16.8 Å². The Labute approximate surface area is 72.8 Å². The smallest absolute Gasteiger partial charge is 0.152 e. The second kappa shape index (κ2) is 3.71. The minimum atomic E-state index is -3.35. The summed E-state index contributed by atoms with van der Waals surface area (Å²) in [7, 11) is -6.63. The molecule has 0 heterocycles. The van der Waals surface area contributed by atoms with Gasteiger partial charge in [0.15, 0.2) is 9.84 Å². The molecule has 0 rings (SSSR count). The van der Waals surface area contributed by atoms with Crippen LogP contribution in [0.25, 0.3) is 0 Å². The molecule has 0 saturated heterocycles. The number of nitrogens with two attached hydrogens (primary N) is 1. The van der Waals surface area contributed by atoms with E-state index >= 15 is 0 Å². The van der Waals surface area contributed by atoms with Crippen LogP contribution in [0.3, 0.4) is 0 Å². The molecule has 0 aliphatic carbocycles. The molecule has 0 spiro atoms. The second-order valence-corrected chi connectivity index (χ2v) is 7.29. The first kappa shape index (κ1) is 11.9. The monoisotopic (exact) mass is 215 g/mol. The summed E-state index contributed by atoms with van der Waals surface area (Å²) >= 11 is 0. The molecular weight excluding hydrogens is 202 g/mol. The van der Waals surface area contributed by atoms with Crippen LogP contribution in [0.1, 0.15) is 0 Å². The zero-order valence-electron chi connectivity index (χ0n) is 7.02. The Morgan fingerprint density at radius 1 is 1.17 bits per heavy atom. The zero-order chi connectivity index (χ0) is 9.99. The molecule has 0 bridgehead atoms. The van der Waals surface area contributed by atoms with Gasteiger partial charge in [0.05, 0.1) is 11.0 Å². The highest BCUT2D eigenvalue weighted by atomic mass is 32.2. The number of rotatable bonds is 4. The molecule has 0 saturated carbocycles. The van der Waals surface area contributed by atoms with Crippen molar-refractivity contribution in [2.45, 2.75) is 5.25 Å². The van der Waals surface area contributed by atoms with Gasteiger partial charge in [-0.3, -0.25) is 0 Å². The molecule has 74 valence electrons. The van der Waals surface area contributed by atoms with Gasteiger partial charge in [0.1, 0.15) is 9.84 Å². The van der Waals surface area contributed by atoms with Crippen LogP contribution in [0.2, 0.25) is 0 Å². The molecule has 0 amide bonds. The molecule has 1 atom stereocenters. The van der Waals surface area contributed by atoms with Gasteiger partial charge in [-0.25, -0.2) is 16.8 Å². The van der Waals surface area contributed by atoms with E-state index in [-0.39, 0.29) is 6.54 Å². The van der Waals surface area contributed by atoms with E-state index in [0.29, 0.717) is 0 Å². The third kappa shape index (κ3) is 4.68. The van der Waals surface area contributed by atoms with Gasteiger partial charge in [-0.05, 0) is 0 Å². The summed E-state index contributed by atoms with van der Waals surface area (Å²) in [5, 5.41) is -0.979. The van der Waals surface area contributed by atoms with Gasteiger partial charge in [-0.15, -0.1) is 0 Å². The molecule has 0 fully saturated rings. The van der Waals surface area contributed by atoms with Crippen molar-refractivity contribution in [1.82, 2.24) is 0 Å². The topological polar surface area (TPSA) is 94.3 Å². The lowest BCUT2D eigenvalue weighted by molar-refractivity contribution is 0.580. The number of sulfone groups is 2. The summed E-state index contributed by atoms with van der Waals surface area (Å²) < 4.78 is 43.2. The van der Waals surface area contributed by atoms with Crippen LogP contribution >= 0.6 is 0 Å². The van der Waals surface area contributed by atoms with Gasteiger partial charge < -0.3 is 5.73 Å². The summed E-state index contributed by atoms with van der Waals surface area (Å²) in [6.07, 6.45) is 1.97. The fraction of sp³-hybridized carbons (Fsp3) is 1.00. The number of hydrogen-bond donors (Lipinski definition) is 1. The maximum absolute atomic E-state index is 10.9.